The minimum absolute atomic E-state index is 0.0239. The Morgan fingerprint density at radius 2 is 1.90 bits per heavy atom. The zero-order valence-corrected chi connectivity index (χ0v) is 17.8. The number of piperazine rings is 1. The van der Waals surface area contributed by atoms with Crippen LogP contribution >= 0.6 is 11.3 Å². The van der Waals surface area contributed by atoms with Crippen molar-refractivity contribution in [3.63, 3.8) is 0 Å². The molecule has 5 heterocycles. The van der Waals surface area contributed by atoms with Crippen molar-refractivity contribution in [1.29, 1.82) is 0 Å². The van der Waals surface area contributed by atoms with Crippen LogP contribution < -0.4 is 10.5 Å². The highest BCUT2D eigenvalue weighted by molar-refractivity contribution is 7.15. The molecule has 6 rings (SSSR count). The Morgan fingerprint density at radius 3 is 2.77 bits per heavy atom. The lowest BCUT2D eigenvalue weighted by Crippen LogP contribution is -2.47. The van der Waals surface area contributed by atoms with Crippen LogP contribution in [0, 0.1) is 6.92 Å². The third-order valence-corrected chi connectivity index (χ3v) is 6.42. The number of nitrogens with zero attached hydrogens (tertiary/aromatic N) is 8. The fourth-order valence-corrected chi connectivity index (χ4v) is 4.89. The van der Waals surface area contributed by atoms with Crippen molar-refractivity contribution < 1.29 is 0 Å². The van der Waals surface area contributed by atoms with E-state index < -0.39 is 0 Å². The Morgan fingerprint density at radius 1 is 1.06 bits per heavy atom. The van der Waals surface area contributed by atoms with E-state index >= 15 is 0 Å². The summed E-state index contributed by atoms with van der Waals surface area (Å²) in [5, 5.41) is 7.49. The molecule has 9 nitrogen and oxygen atoms in total. The zero-order valence-electron chi connectivity index (χ0n) is 17.0. The maximum Gasteiger partial charge on any atom is 0.258 e. The van der Waals surface area contributed by atoms with Crippen molar-refractivity contribution in [3.8, 4) is 0 Å². The monoisotopic (exact) mass is 432 g/mol. The van der Waals surface area contributed by atoms with Gasteiger partial charge < -0.3 is 4.90 Å². The lowest BCUT2D eigenvalue weighted by molar-refractivity contribution is 0.245. The molecule has 0 radical (unpaired) electrons. The number of thiazole rings is 1. The Bertz CT molecular complexity index is 1480. The highest BCUT2D eigenvalue weighted by Gasteiger charge is 2.23. The normalized spacial score (nSPS) is 15.5. The first-order chi connectivity index (χ1) is 15.2. The maximum absolute atomic E-state index is 12.3. The molecule has 156 valence electrons. The van der Waals surface area contributed by atoms with Gasteiger partial charge in [0.1, 0.15) is 5.82 Å². The van der Waals surface area contributed by atoms with Gasteiger partial charge in [0.25, 0.3) is 5.56 Å². The van der Waals surface area contributed by atoms with Crippen LogP contribution in [0.2, 0.25) is 0 Å². The van der Waals surface area contributed by atoms with E-state index in [1.807, 2.05) is 41.1 Å². The van der Waals surface area contributed by atoms with Crippen LogP contribution in [0.1, 0.15) is 11.5 Å². The lowest BCUT2D eigenvalue weighted by atomic mass is 10.2. The van der Waals surface area contributed by atoms with Gasteiger partial charge >= 0.3 is 0 Å². The van der Waals surface area contributed by atoms with Crippen LogP contribution in [0.15, 0.2) is 46.7 Å². The molecule has 0 atom stereocenters. The van der Waals surface area contributed by atoms with E-state index in [4.69, 9.17) is 4.98 Å². The van der Waals surface area contributed by atoms with Crippen LogP contribution in [0.25, 0.3) is 21.5 Å². The summed E-state index contributed by atoms with van der Waals surface area (Å²) >= 11 is 1.48. The van der Waals surface area contributed by atoms with Crippen molar-refractivity contribution in [2.24, 2.45) is 0 Å². The summed E-state index contributed by atoms with van der Waals surface area (Å²) < 4.78 is 3.45. The van der Waals surface area contributed by atoms with Gasteiger partial charge in [-0.3, -0.25) is 14.1 Å². The SMILES string of the molecule is Cc1nc2c3ccccc3nc(N3CCN(Cc4cc(=O)n5ccsc5n4)CC3)n2n1. The molecule has 1 aliphatic heterocycles. The van der Waals surface area contributed by atoms with E-state index in [-0.39, 0.29) is 5.56 Å². The van der Waals surface area contributed by atoms with Crippen molar-refractivity contribution in [2.75, 3.05) is 31.1 Å². The molecule has 5 aromatic rings. The van der Waals surface area contributed by atoms with E-state index in [1.165, 1.54) is 11.3 Å². The third-order valence-electron chi connectivity index (χ3n) is 5.66. The number of aromatic nitrogens is 6. The van der Waals surface area contributed by atoms with Crippen LogP contribution in [0.5, 0.6) is 0 Å². The van der Waals surface area contributed by atoms with Crippen LogP contribution in [-0.2, 0) is 6.54 Å². The van der Waals surface area contributed by atoms with Gasteiger partial charge in [-0.05, 0) is 19.1 Å². The fourth-order valence-electron chi connectivity index (χ4n) is 4.15. The molecular weight excluding hydrogens is 412 g/mol. The molecular formula is C21H20N8OS. The summed E-state index contributed by atoms with van der Waals surface area (Å²) in [7, 11) is 0. The minimum atomic E-state index is -0.0239. The van der Waals surface area contributed by atoms with Crippen LogP contribution in [0.4, 0.5) is 5.95 Å². The largest absolute Gasteiger partial charge is 0.338 e. The van der Waals surface area contributed by atoms with Gasteiger partial charge in [0.2, 0.25) is 5.95 Å². The molecule has 1 aliphatic rings. The molecule has 4 aromatic heterocycles. The number of fused-ring (bicyclic) bond motifs is 4. The summed E-state index contributed by atoms with van der Waals surface area (Å²) in [4.78, 5) is 31.7. The van der Waals surface area contributed by atoms with Gasteiger partial charge in [-0.1, -0.05) is 12.1 Å². The van der Waals surface area contributed by atoms with E-state index in [2.05, 4.69) is 24.9 Å². The molecule has 31 heavy (non-hydrogen) atoms. The van der Waals surface area contributed by atoms with Crippen molar-refractivity contribution >= 4 is 38.8 Å². The third kappa shape index (κ3) is 3.15. The van der Waals surface area contributed by atoms with E-state index in [0.29, 0.717) is 6.54 Å². The first-order valence-electron chi connectivity index (χ1n) is 10.2. The standard InChI is InChI=1S/C21H20N8OS/c1-14-22-19-16-4-2-3-5-17(16)24-20(29(19)25-14)27-8-6-26(7-9-27)13-15-12-18(30)28-10-11-31-21(28)23-15/h2-5,10-12H,6-9,13H2,1H3. The van der Waals surface area contributed by atoms with Crippen LogP contribution in [0.3, 0.4) is 0 Å². The molecule has 0 amide bonds. The van der Waals surface area contributed by atoms with E-state index in [9.17, 15) is 4.79 Å². The Hall–Kier alpha value is -3.37. The molecule has 1 aromatic carbocycles. The summed E-state index contributed by atoms with van der Waals surface area (Å²) in [6.07, 6.45) is 1.76. The Kier molecular flexibility index (Phi) is 4.22. The fraction of sp³-hybridized carbons (Fsp3) is 0.286. The van der Waals surface area contributed by atoms with Crippen LogP contribution in [-0.4, -0.2) is 60.0 Å². The van der Waals surface area contributed by atoms with E-state index in [1.54, 1.807) is 16.7 Å². The smallest absolute Gasteiger partial charge is 0.258 e. The number of benzene rings is 1. The van der Waals surface area contributed by atoms with Gasteiger partial charge in [0, 0.05) is 55.8 Å². The first kappa shape index (κ1) is 18.4. The minimum Gasteiger partial charge on any atom is -0.338 e. The topological polar surface area (TPSA) is 83.9 Å². The second kappa shape index (κ2) is 7.10. The number of para-hydroxylation sites is 1. The molecule has 1 fully saturated rings. The van der Waals surface area contributed by atoms with Crippen molar-refractivity contribution in [3.05, 3.63) is 63.8 Å². The predicted molar refractivity (Wildman–Crippen MR) is 120 cm³/mol. The molecule has 1 saturated heterocycles. The summed E-state index contributed by atoms with van der Waals surface area (Å²) in [5.41, 5.74) is 2.56. The van der Waals surface area contributed by atoms with Gasteiger partial charge in [0.15, 0.2) is 10.6 Å². The number of rotatable bonds is 3. The second-order valence-corrected chi connectivity index (χ2v) is 8.60. The van der Waals surface area contributed by atoms with Crippen molar-refractivity contribution in [2.45, 2.75) is 13.5 Å². The highest BCUT2D eigenvalue weighted by atomic mass is 32.1. The quantitative estimate of drug-likeness (QED) is 0.431. The van der Waals surface area contributed by atoms with Gasteiger partial charge in [-0.2, -0.15) is 4.52 Å². The molecule has 0 aliphatic carbocycles. The average molecular weight is 433 g/mol. The summed E-state index contributed by atoms with van der Waals surface area (Å²) in [6, 6.07) is 9.69. The number of anilines is 1. The second-order valence-electron chi connectivity index (χ2n) is 7.73. The zero-order chi connectivity index (χ0) is 20.9. The molecule has 0 saturated carbocycles. The predicted octanol–water partition coefficient (Wildman–Crippen LogP) is 1.98. The van der Waals surface area contributed by atoms with Gasteiger partial charge in [-0.15, -0.1) is 16.4 Å². The lowest BCUT2D eigenvalue weighted by Gasteiger charge is -2.35. The first-order valence-corrected chi connectivity index (χ1v) is 11.1. The highest BCUT2D eigenvalue weighted by Crippen LogP contribution is 2.23. The molecule has 10 heteroatoms. The summed E-state index contributed by atoms with van der Waals surface area (Å²) in [6.45, 7) is 5.92. The van der Waals surface area contributed by atoms with Gasteiger partial charge in [-0.25, -0.2) is 15.0 Å². The molecule has 0 unspecified atom stereocenters. The number of hydrogen-bond donors (Lipinski definition) is 0. The Labute approximate surface area is 181 Å². The molecule has 0 spiro atoms. The van der Waals surface area contributed by atoms with Gasteiger partial charge in [0.05, 0.1) is 11.2 Å². The average Bonchev–Trinajstić information content (AvgIpc) is 3.40. The maximum atomic E-state index is 12.3. The molecule has 0 N–H and O–H groups in total. The summed E-state index contributed by atoms with van der Waals surface area (Å²) in [5.74, 6) is 1.56. The Balaban J connectivity index is 1.26. The van der Waals surface area contributed by atoms with Crippen molar-refractivity contribution in [1.82, 2.24) is 33.9 Å². The number of hydrogen-bond acceptors (Lipinski definition) is 8. The van der Waals surface area contributed by atoms with E-state index in [0.717, 1.165) is 65.2 Å². The number of aryl methyl sites for hydroxylation is 1. The molecule has 0 bridgehead atoms.